The monoisotopic (exact) mass is 400 g/mol. The average molecular weight is 400 g/mol. The summed E-state index contributed by atoms with van der Waals surface area (Å²) in [6, 6.07) is 5.40. The first-order chi connectivity index (χ1) is 13.3. The van der Waals surface area contributed by atoms with E-state index in [1.54, 1.807) is 26.2 Å². The molecule has 0 spiro atoms. The van der Waals surface area contributed by atoms with Crippen LogP contribution < -0.4 is 14.8 Å². The Morgan fingerprint density at radius 3 is 3.00 bits per heavy atom. The Hall–Kier alpha value is -3.14. The fourth-order valence-corrected chi connectivity index (χ4v) is 4.11. The number of amides is 1. The second-order valence-electron chi connectivity index (χ2n) is 6.64. The molecule has 7 nitrogen and oxygen atoms in total. The minimum atomic E-state index is -1.63. The van der Waals surface area contributed by atoms with Gasteiger partial charge in [0.2, 0.25) is 0 Å². The average Bonchev–Trinajstić information content (AvgIpc) is 2.92. The summed E-state index contributed by atoms with van der Waals surface area (Å²) < 4.78 is 36.4. The third-order valence-electron chi connectivity index (χ3n) is 4.23. The van der Waals surface area contributed by atoms with E-state index in [2.05, 4.69) is 16.0 Å². The van der Waals surface area contributed by atoms with E-state index in [4.69, 9.17) is 16.4 Å². The lowest BCUT2D eigenvalue weighted by Crippen LogP contribution is -2.46. The van der Waals surface area contributed by atoms with Crippen molar-refractivity contribution in [3.63, 3.8) is 0 Å². The van der Waals surface area contributed by atoms with Crippen LogP contribution in [-0.4, -0.2) is 26.8 Å². The predicted octanol–water partition coefficient (Wildman–Crippen LogP) is 2.07. The summed E-state index contributed by atoms with van der Waals surface area (Å²) in [5.41, 5.74) is -0.493. The smallest absolute Gasteiger partial charge is 0.276 e. The quantitative estimate of drug-likeness (QED) is 0.771. The van der Waals surface area contributed by atoms with Gasteiger partial charge in [0.1, 0.15) is 34.4 Å². The van der Waals surface area contributed by atoms with Gasteiger partial charge < -0.3 is 14.6 Å². The van der Waals surface area contributed by atoms with Crippen LogP contribution in [0.15, 0.2) is 29.3 Å². The molecule has 0 saturated carbocycles. The zero-order valence-corrected chi connectivity index (χ0v) is 16.0. The third-order valence-corrected chi connectivity index (χ3v) is 5.60. The molecule has 3 rings (SSSR count). The number of aromatic nitrogens is 1. The van der Waals surface area contributed by atoms with Crippen molar-refractivity contribution in [2.75, 3.05) is 11.9 Å². The Morgan fingerprint density at radius 2 is 2.32 bits per heavy atom. The van der Waals surface area contributed by atoms with Crippen molar-refractivity contribution in [2.24, 2.45) is 7.05 Å². The van der Waals surface area contributed by atoms with Crippen molar-refractivity contribution >= 4 is 22.6 Å². The predicted molar refractivity (Wildman–Crippen MR) is 101 cm³/mol. The molecule has 1 aromatic carbocycles. The molecule has 0 fully saturated rings. The molecule has 1 aliphatic heterocycles. The lowest BCUT2D eigenvalue weighted by molar-refractivity contribution is 0.101. The summed E-state index contributed by atoms with van der Waals surface area (Å²) in [6.07, 6.45) is 7.22. The summed E-state index contributed by atoms with van der Waals surface area (Å²) >= 11 is 0. The molecule has 2 atom stereocenters. The highest BCUT2D eigenvalue weighted by Gasteiger charge is 2.35. The molecule has 1 amide bonds. The lowest BCUT2D eigenvalue weighted by Gasteiger charge is -2.25. The van der Waals surface area contributed by atoms with Crippen LogP contribution in [0.1, 0.15) is 29.4 Å². The Balaban J connectivity index is 1.93. The highest BCUT2D eigenvalue weighted by Crippen LogP contribution is 2.33. The number of carbonyl (C=O) groups is 1. The first-order valence-corrected chi connectivity index (χ1v) is 9.39. The minimum absolute atomic E-state index is 0.120. The molecule has 2 unspecified atom stereocenters. The Bertz CT molecular complexity index is 1070. The Morgan fingerprint density at radius 1 is 1.57 bits per heavy atom. The fraction of sp³-hybridized carbons (Fsp3) is 0.263. The van der Waals surface area contributed by atoms with Gasteiger partial charge in [-0.3, -0.25) is 4.79 Å². The number of carbonyl (C=O) groups excluding carboxylic acids is 1. The molecular formula is C19H17FN4O3S. The largest absolute Gasteiger partial charge is 0.488 e. The number of ether oxygens (including phenoxy) is 1. The van der Waals surface area contributed by atoms with E-state index >= 15 is 0 Å². The zero-order chi connectivity index (χ0) is 20.5. The Kier molecular flexibility index (Phi) is 5.23. The van der Waals surface area contributed by atoms with Gasteiger partial charge in [-0.05, 0) is 25.1 Å². The number of anilines is 1. The lowest BCUT2D eigenvalue weighted by atomic mass is 10.0. The van der Waals surface area contributed by atoms with Crippen molar-refractivity contribution in [3.05, 3.63) is 41.5 Å². The molecule has 2 N–H and O–H groups in total. The van der Waals surface area contributed by atoms with E-state index < -0.39 is 28.2 Å². The summed E-state index contributed by atoms with van der Waals surface area (Å²) in [7, 11) is -0.00697. The van der Waals surface area contributed by atoms with E-state index in [0.717, 1.165) is 6.07 Å². The normalized spacial score (nSPS) is 20.8. The number of benzene rings is 1. The summed E-state index contributed by atoms with van der Waals surface area (Å²) in [5, 5.41) is 11.5. The van der Waals surface area contributed by atoms with Gasteiger partial charge in [-0.2, -0.15) is 5.26 Å². The SMILES string of the molecule is C#CCC1(C)COc2c(cn(C)c2C(=O)Nc2ccc(F)c(C#N)c2)S(=O)N1. The summed E-state index contributed by atoms with van der Waals surface area (Å²) in [5.74, 6) is 1.49. The zero-order valence-electron chi connectivity index (χ0n) is 15.2. The second kappa shape index (κ2) is 7.47. The Labute approximate surface area is 164 Å². The number of nitrogens with zero attached hydrogens (tertiary/aromatic N) is 2. The van der Waals surface area contributed by atoms with E-state index in [1.165, 1.54) is 16.7 Å². The van der Waals surface area contributed by atoms with E-state index in [9.17, 15) is 13.4 Å². The molecule has 2 aromatic rings. The fourth-order valence-electron chi connectivity index (χ4n) is 2.84. The van der Waals surface area contributed by atoms with E-state index in [-0.39, 0.29) is 29.3 Å². The molecule has 9 heteroatoms. The molecule has 1 aliphatic rings. The van der Waals surface area contributed by atoms with Gasteiger partial charge in [0.15, 0.2) is 11.4 Å². The number of nitriles is 1. The standard InChI is InChI=1S/C19H17FN4O3S/c1-4-7-19(2)11-27-17-15(28(26)23-19)10-24(3)16(17)18(25)22-13-5-6-14(20)12(8-13)9-21/h1,5-6,8,10,23H,7,11H2,2-3H3,(H,22,25). The molecule has 0 saturated heterocycles. The molecule has 0 radical (unpaired) electrons. The number of hydrogen-bond donors (Lipinski definition) is 2. The molecule has 28 heavy (non-hydrogen) atoms. The van der Waals surface area contributed by atoms with E-state index in [0.29, 0.717) is 11.3 Å². The highest BCUT2D eigenvalue weighted by atomic mass is 32.2. The summed E-state index contributed by atoms with van der Waals surface area (Å²) in [4.78, 5) is 13.1. The third kappa shape index (κ3) is 3.63. The topological polar surface area (TPSA) is 96.2 Å². The molecular weight excluding hydrogens is 383 g/mol. The maximum atomic E-state index is 13.5. The van der Waals surface area contributed by atoms with Gasteiger partial charge in [0.25, 0.3) is 5.91 Å². The van der Waals surface area contributed by atoms with Gasteiger partial charge in [0, 0.05) is 25.4 Å². The van der Waals surface area contributed by atoms with Crippen LogP contribution in [0.2, 0.25) is 0 Å². The number of fused-ring (bicyclic) bond motifs is 1. The molecule has 2 heterocycles. The van der Waals surface area contributed by atoms with Gasteiger partial charge in [0.05, 0.1) is 11.1 Å². The number of nitrogens with one attached hydrogen (secondary N) is 2. The van der Waals surface area contributed by atoms with Crippen molar-refractivity contribution in [3.8, 4) is 24.2 Å². The van der Waals surface area contributed by atoms with Crippen LogP contribution in [0.3, 0.4) is 0 Å². The van der Waals surface area contributed by atoms with Crippen molar-refractivity contribution in [1.29, 1.82) is 5.26 Å². The highest BCUT2D eigenvalue weighted by molar-refractivity contribution is 7.83. The molecule has 0 aliphatic carbocycles. The van der Waals surface area contributed by atoms with Crippen LogP contribution in [0.25, 0.3) is 0 Å². The van der Waals surface area contributed by atoms with Gasteiger partial charge >= 0.3 is 0 Å². The number of terminal acetylenes is 1. The van der Waals surface area contributed by atoms with Crippen LogP contribution in [0, 0.1) is 29.5 Å². The van der Waals surface area contributed by atoms with Gasteiger partial charge in [-0.1, -0.05) is 0 Å². The molecule has 1 aromatic heterocycles. The molecule has 0 bridgehead atoms. The summed E-state index contributed by atoms with van der Waals surface area (Å²) in [6.45, 7) is 1.91. The van der Waals surface area contributed by atoms with Gasteiger partial charge in [-0.25, -0.2) is 13.3 Å². The van der Waals surface area contributed by atoms with Crippen molar-refractivity contribution in [1.82, 2.24) is 9.29 Å². The maximum Gasteiger partial charge on any atom is 0.276 e. The van der Waals surface area contributed by atoms with Crippen molar-refractivity contribution < 1.29 is 18.1 Å². The first kappa shape index (κ1) is 19.6. The second-order valence-corrected chi connectivity index (χ2v) is 7.82. The van der Waals surface area contributed by atoms with Crippen LogP contribution in [0.5, 0.6) is 5.75 Å². The van der Waals surface area contributed by atoms with Crippen LogP contribution >= 0.6 is 0 Å². The van der Waals surface area contributed by atoms with Gasteiger partial charge in [-0.15, -0.1) is 12.3 Å². The first-order valence-electron chi connectivity index (χ1n) is 8.24. The molecule has 144 valence electrons. The van der Waals surface area contributed by atoms with Crippen LogP contribution in [0.4, 0.5) is 10.1 Å². The number of halogens is 1. The van der Waals surface area contributed by atoms with Crippen LogP contribution in [-0.2, 0) is 18.0 Å². The number of aryl methyl sites for hydroxylation is 1. The van der Waals surface area contributed by atoms with Crippen molar-refractivity contribution in [2.45, 2.75) is 23.8 Å². The number of hydrogen-bond acceptors (Lipinski definition) is 4. The minimum Gasteiger partial charge on any atom is -0.488 e. The maximum absolute atomic E-state index is 13.5. The number of rotatable bonds is 3. The van der Waals surface area contributed by atoms with E-state index in [1.807, 2.05) is 0 Å².